The molecule has 178 valence electrons. The molecule has 0 spiro atoms. The lowest BCUT2D eigenvalue weighted by Crippen LogP contribution is -2.44. The highest BCUT2D eigenvalue weighted by Gasteiger charge is 2.28. The lowest BCUT2D eigenvalue weighted by atomic mass is 10.0. The van der Waals surface area contributed by atoms with Crippen molar-refractivity contribution in [2.45, 2.75) is 37.4 Å². The second-order valence-electron chi connectivity index (χ2n) is 8.04. The summed E-state index contributed by atoms with van der Waals surface area (Å²) in [4.78, 5) is 2.13. The van der Waals surface area contributed by atoms with E-state index in [0.29, 0.717) is 18.1 Å². The number of hydrogen-bond donors (Lipinski definition) is 1. The molecule has 0 bridgehead atoms. The van der Waals surface area contributed by atoms with Gasteiger partial charge in [0.2, 0.25) is 10.0 Å². The molecule has 0 radical (unpaired) electrons. The Bertz CT molecular complexity index is 959. The third kappa shape index (κ3) is 6.97. The molecule has 0 saturated carbocycles. The van der Waals surface area contributed by atoms with Crippen molar-refractivity contribution < 1.29 is 22.7 Å². The Labute approximate surface area is 195 Å². The summed E-state index contributed by atoms with van der Waals surface area (Å²) in [5.41, 5.74) is 0.951. The molecule has 0 fully saturated rings. The van der Waals surface area contributed by atoms with Gasteiger partial charge in [-0.15, -0.1) is 0 Å². The van der Waals surface area contributed by atoms with Gasteiger partial charge in [-0.1, -0.05) is 36.7 Å². The fourth-order valence-corrected chi connectivity index (χ4v) is 4.85. The van der Waals surface area contributed by atoms with E-state index in [1.807, 2.05) is 38.1 Å². The summed E-state index contributed by atoms with van der Waals surface area (Å²) in [5, 5.41) is 10.4. The van der Waals surface area contributed by atoms with Crippen molar-refractivity contribution in [2.24, 2.45) is 5.92 Å². The lowest BCUT2D eigenvalue weighted by Gasteiger charge is -2.34. The molecule has 1 N–H and O–H groups in total. The molecule has 2 aromatic rings. The number of methoxy groups -OCH3 is 1. The average Bonchev–Trinajstić information content (AvgIpc) is 2.77. The fourth-order valence-electron chi connectivity index (χ4n) is 3.47. The van der Waals surface area contributed by atoms with Crippen LogP contribution in [-0.4, -0.2) is 68.7 Å². The van der Waals surface area contributed by atoms with Gasteiger partial charge in [-0.2, -0.15) is 4.31 Å². The molecule has 0 saturated heterocycles. The standard InChI is InChI=1S/C23H32ClFN2O4S/c1-17(13-27(18(2)16-28)14-19-7-5-6-8-22(19)24)23(31-4)15-26(3)32(29,30)21-11-9-20(25)10-12-21/h5-12,17-18,23,28H,13-16H2,1-4H3/t17-,18+,23+/m0/s1. The van der Waals surface area contributed by atoms with Gasteiger partial charge in [-0.3, -0.25) is 4.90 Å². The second kappa shape index (κ2) is 12.1. The van der Waals surface area contributed by atoms with Gasteiger partial charge in [0.1, 0.15) is 5.82 Å². The van der Waals surface area contributed by atoms with Crippen molar-refractivity contribution in [2.75, 3.05) is 33.9 Å². The average molecular weight is 487 g/mol. The maximum atomic E-state index is 13.2. The Kier molecular flexibility index (Phi) is 10.1. The van der Waals surface area contributed by atoms with Crippen LogP contribution in [0.2, 0.25) is 5.02 Å². The van der Waals surface area contributed by atoms with Gasteiger partial charge in [-0.05, 0) is 48.7 Å². The maximum Gasteiger partial charge on any atom is 0.242 e. The van der Waals surface area contributed by atoms with E-state index in [2.05, 4.69) is 4.90 Å². The Balaban J connectivity index is 2.12. The van der Waals surface area contributed by atoms with Gasteiger partial charge in [0, 0.05) is 44.9 Å². The zero-order chi connectivity index (χ0) is 23.9. The Morgan fingerprint density at radius 2 is 1.72 bits per heavy atom. The topological polar surface area (TPSA) is 70.1 Å². The molecule has 9 heteroatoms. The molecule has 32 heavy (non-hydrogen) atoms. The number of aliphatic hydroxyl groups is 1. The first kappa shape index (κ1) is 26.7. The molecule has 0 aliphatic heterocycles. The van der Waals surface area contributed by atoms with Gasteiger partial charge < -0.3 is 9.84 Å². The molecule has 2 rings (SSSR count). The number of sulfonamides is 1. The van der Waals surface area contributed by atoms with Crippen LogP contribution >= 0.6 is 11.6 Å². The first-order valence-corrected chi connectivity index (χ1v) is 12.2. The van der Waals surface area contributed by atoms with Crippen LogP contribution in [-0.2, 0) is 21.3 Å². The zero-order valence-electron chi connectivity index (χ0n) is 18.9. The van der Waals surface area contributed by atoms with E-state index in [4.69, 9.17) is 16.3 Å². The number of halogens is 2. The van der Waals surface area contributed by atoms with Crippen LogP contribution in [0.5, 0.6) is 0 Å². The smallest absolute Gasteiger partial charge is 0.242 e. The highest BCUT2D eigenvalue weighted by atomic mass is 35.5. The van der Waals surface area contributed by atoms with E-state index in [0.717, 1.165) is 17.7 Å². The first-order chi connectivity index (χ1) is 15.1. The molecule has 0 heterocycles. The molecule has 0 amide bonds. The molecule has 0 unspecified atom stereocenters. The van der Waals surface area contributed by atoms with Gasteiger partial charge in [0.15, 0.2) is 0 Å². The minimum atomic E-state index is -3.78. The lowest BCUT2D eigenvalue weighted by molar-refractivity contribution is 0.0194. The summed E-state index contributed by atoms with van der Waals surface area (Å²) in [5.74, 6) is -0.547. The van der Waals surface area contributed by atoms with Crippen molar-refractivity contribution >= 4 is 21.6 Å². The summed E-state index contributed by atoms with van der Waals surface area (Å²) < 4.78 is 45.8. The van der Waals surface area contributed by atoms with Crippen LogP contribution in [0.3, 0.4) is 0 Å². The third-order valence-corrected chi connectivity index (χ3v) is 7.84. The summed E-state index contributed by atoms with van der Waals surface area (Å²) in [6, 6.07) is 12.2. The van der Waals surface area contributed by atoms with Crippen molar-refractivity contribution in [3.63, 3.8) is 0 Å². The minimum absolute atomic E-state index is 0.0202. The normalized spacial score (nSPS) is 15.2. The number of hydrogen-bond acceptors (Lipinski definition) is 5. The van der Waals surface area contributed by atoms with Gasteiger partial charge in [0.05, 0.1) is 17.6 Å². The van der Waals surface area contributed by atoms with Crippen molar-refractivity contribution in [1.82, 2.24) is 9.21 Å². The number of benzene rings is 2. The van der Waals surface area contributed by atoms with Crippen molar-refractivity contribution in [1.29, 1.82) is 0 Å². The van der Waals surface area contributed by atoms with Crippen molar-refractivity contribution in [3.8, 4) is 0 Å². The van der Waals surface area contributed by atoms with E-state index < -0.39 is 21.9 Å². The van der Waals surface area contributed by atoms with E-state index in [9.17, 15) is 17.9 Å². The van der Waals surface area contributed by atoms with Crippen LogP contribution < -0.4 is 0 Å². The number of nitrogens with zero attached hydrogens (tertiary/aromatic N) is 2. The largest absolute Gasteiger partial charge is 0.395 e. The van der Waals surface area contributed by atoms with Crippen LogP contribution in [0.25, 0.3) is 0 Å². The molecular weight excluding hydrogens is 455 g/mol. The van der Waals surface area contributed by atoms with E-state index in [-0.39, 0.29) is 30.0 Å². The van der Waals surface area contributed by atoms with Crippen LogP contribution in [0.1, 0.15) is 19.4 Å². The molecule has 3 atom stereocenters. The van der Waals surface area contributed by atoms with Gasteiger partial charge >= 0.3 is 0 Å². The number of aliphatic hydroxyl groups excluding tert-OH is 1. The predicted molar refractivity (Wildman–Crippen MR) is 125 cm³/mol. The highest BCUT2D eigenvalue weighted by molar-refractivity contribution is 7.89. The van der Waals surface area contributed by atoms with E-state index in [1.165, 1.54) is 23.5 Å². The molecule has 2 aromatic carbocycles. The van der Waals surface area contributed by atoms with Crippen LogP contribution in [0.4, 0.5) is 4.39 Å². The summed E-state index contributed by atoms with van der Waals surface area (Å²) in [7, 11) is -0.752. The van der Waals surface area contributed by atoms with Gasteiger partial charge in [-0.25, -0.2) is 12.8 Å². The number of rotatable bonds is 12. The zero-order valence-corrected chi connectivity index (χ0v) is 20.5. The summed E-state index contributed by atoms with van der Waals surface area (Å²) in [6.07, 6.45) is -0.394. The van der Waals surface area contributed by atoms with E-state index >= 15 is 0 Å². The second-order valence-corrected chi connectivity index (χ2v) is 10.5. The predicted octanol–water partition coefficient (Wildman–Crippen LogP) is 3.63. The minimum Gasteiger partial charge on any atom is -0.395 e. The van der Waals surface area contributed by atoms with Crippen LogP contribution in [0.15, 0.2) is 53.4 Å². The highest BCUT2D eigenvalue weighted by Crippen LogP contribution is 2.22. The Morgan fingerprint density at radius 3 is 2.28 bits per heavy atom. The SMILES string of the molecule is CO[C@H](CN(C)S(=O)(=O)c1ccc(F)cc1)[C@@H](C)CN(Cc1ccccc1Cl)[C@H](C)CO. The summed E-state index contributed by atoms with van der Waals surface area (Å²) >= 11 is 6.32. The van der Waals surface area contributed by atoms with Gasteiger partial charge in [0.25, 0.3) is 0 Å². The van der Waals surface area contributed by atoms with Crippen LogP contribution in [0, 0.1) is 11.7 Å². The Morgan fingerprint density at radius 1 is 1.09 bits per heavy atom. The number of ether oxygens (including phenoxy) is 1. The number of likely N-dealkylation sites (N-methyl/N-ethyl adjacent to an activating group) is 1. The fraction of sp³-hybridized carbons (Fsp3) is 0.478. The quantitative estimate of drug-likeness (QED) is 0.496. The summed E-state index contributed by atoms with van der Waals surface area (Å²) in [6.45, 7) is 5.13. The Hall–Kier alpha value is -1.55. The monoisotopic (exact) mass is 486 g/mol. The molecule has 0 aliphatic carbocycles. The maximum absolute atomic E-state index is 13.2. The van der Waals surface area contributed by atoms with Crippen molar-refractivity contribution in [3.05, 3.63) is 64.9 Å². The van der Waals surface area contributed by atoms with E-state index in [1.54, 1.807) is 7.11 Å². The third-order valence-electron chi connectivity index (χ3n) is 5.64. The molecule has 0 aliphatic rings. The molecule has 0 aromatic heterocycles. The molecular formula is C23H32ClFN2O4S. The molecule has 6 nitrogen and oxygen atoms in total. The first-order valence-electron chi connectivity index (χ1n) is 10.4.